The Morgan fingerprint density at radius 1 is 1.41 bits per heavy atom. The van der Waals surface area contributed by atoms with E-state index in [4.69, 9.17) is 5.84 Å². The van der Waals surface area contributed by atoms with Crippen LogP contribution in [0, 0.1) is 11.3 Å². The molecule has 5 heteroatoms. The molecule has 1 fully saturated rings. The van der Waals surface area contributed by atoms with E-state index in [-0.39, 0.29) is 5.97 Å². The van der Waals surface area contributed by atoms with E-state index in [0.717, 1.165) is 25.6 Å². The summed E-state index contributed by atoms with van der Waals surface area (Å²) in [5.74, 6) is 5.39. The van der Waals surface area contributed by atoms with Crippen molar-refractivity contribution in [3.63, 3.8) is 0 Å². The lowest BCUT2D eigenvalue weighted by Gasteiger charge is -2.38. The molecule has 5 nitrogen and oxygen atoms in total. The highest BCUT2D eigenvalue weighted by atomic mass is 16.7. The van der Waals surface area contributed by atoms with Crippen LogP contribution in [0.25, 0.3) is 0 Å². The largest absolute Gasteiger partial charge is 0.356 e. The van der Waals surface area contributed by atoms with E-state index in [1.54, 1.807) is 0 Å². The molecule has 1 saturated heterocycles. The summed E-state index contributed by atoms with van der Waals surface area (Å²) in [6.07, 6.45) is 2.83. The van der Waals surface area contributed by atoms with Gasteiger partial charge in [-0.2, -0.15) is 0 Å². The first kappa shape index (κ1) is 14.4. The molecular formula is C12H25N3O2. The van der Waals surface area contributed by atoms with Crippen LogP contribution in [-0.2, 0) is 9.63 Å². The van der Waals surface area contributed by atoms with E-state index in [0.29, 0.717) is 11.8 Å². The van der Waals surface area contributed by atoms with Crippen LogP contribution in [0.5, 0.6) is 0 Å². The Kier molecular flexibility index (Phi) is 5.36. The first-order valence-electron chi connectivity index (χ1n) is 6.31. The third-order valence-electron chi connectivity index (χ3n) is 3.62. The molecule has 1 rings (SSSR count). The van der Waals surface area contributed by atoms with Crippen LogP contribution in [0.1, 0.15) is 40.0 Å². The first-order chi connectivity index (χ1) is 7.93. The van der Waals surface area contributed by atoms with Crippen molar-refractivity contribution in [2.75, 3.05) is 19.6 Å². The van der Waals surface area contributed by atoms with Crippen molar-refractivity contribution in [1.82, 2.24) is 10.5 Å². The van der Waals surface area contributed by atoms with Crippen LogP contribution in [-0.4, -0.2) is 30.5 Å². The highest BCUT2D eigenvalue weighted by Crippen LogP contribution is 2.34. The van der Waals surface area contributed by atoms with E-state index in [9.17, 15) is 4.79 Å². The Morgan fingerprint density at radius 2 is 2.00 bits per heavy atom. The molecule has 3 N–H and O–H groups in total. The number of piperidine rings is 1. The van der Waals surface area contributed by atoms with Crippen LogP contribution >= 0.6 is 0 Å². The lowest BCUT2D eigenvalue weighted by Crippen LogP contribution is -2.39. The first-order valence-corrected chi connectivity index (χ1v) is 6.31. The molecule has 1 aliphatic heterocycles. The predicted molar refractivity (Wildman–Crippen MR) is 66.7 cm³/mol. The lowest BCUT2D eigenvalue weighted by molar-refractivity contribution is -0.151. The molecule has 17 heavy (non-hydrogen) atoms. The summed E-state index contributed by atoms with van der Waals surface area (Å²) in [6, 6.07) is 0. The van der Waals surface area contributed by atoms with E-state index in [1.807, 2.05) is 5.59 Å². The quantitative estimate of drug-likeness (QED) is 0.571. The summed E-state index contributed by atoms with van der Waals surface area (Å²) in [6.45, 7) is 9.82. The summed E-state index contributed by atoms with van der Waals surface area (Å²) in [5.41, 5.74) is 2.31. The second-order valence-electron chi connectivity index (χ2n) is 5.82. The van der Waals surface area contributed by atoms with Crippen LogP contribution in [0.15, 0.2) is 0 Å². The summed E-state index contributed by atoms with van der Waals surface area (Å²) in [4.78, 5) is 17.9. The van der Waals surface area contributed by atoms with Crippen molar-refractivity contribution in [1.29, 1.82) is 0 Å². The Bertz CT molecular complexity index is 243. The number of rotatable bonds is 4. The fraction of sp³-hybridized carbons (Fsp3) is 0.917. The summed E-state index contributed by atoms with van der Waals surface area (Å²) in [7, 11) is 0. The van der Waals surface area contributed by atoms with Gasteiger partial charge in [0, 0.05) is 6.54 Å². The van der Waals surface area contributed by atoms with Crippen LogP contribution < -0.4 is 11.4 Å². The fourth-order valence-corrected chi connectivity index (χ4v) is 2.39. The van der Waals surface area contributed by atoms with E-state index >= 15 is 0 Å². The molecule has 0 saturated carbocycles. The molecule has 0 unspecified atom stereocenters. The molecule has 0 bridgehead atoms. The van der Waals surface area contributed by atoms with Crippen molar-refractivity contribution in [3.8, 4) is 0 Å². The Morgan fingerprint density at radius 3 is 2.47 bits per heavy atom. The SMILES string of the molecule is CC(C)(C)C1CCN(CCC(=O)ONN)CC1. The molecule has 0 aliphatic carbocycles. The lowest BCUT2D eigenvalue weighted by atomic mass is 9.75. The monoisotopic (exact) mass is 243 g/mol. The highest BCUT2D eigenvalue weighted by molar-refractivity contribution is 5.69. The maximum absolute atomic E-state index is 11.1. The Hall–Kier alpha value is -0.650. The number of nitrogens with one attached hydrogen (secondary N) is 1. The third-order valence-corrected chi connectivity index (χ3v) is 3.62. The van der Waals surface area contributed by atoms with E-state index < -0.39 is 0 Å². The number of nitrogens with two attached hydrogens (primary N) is 1. The van der Waals surface area contributed by atoms with Gasteiger partial charge in [-0.05, 0) is 37.3 Å². The number of nitrogens with zero attached hydrogens (tertiary/aromatic N) is 1. The molecule has 0 aromatic heterocycles. The van der Waals surface area contributed by atoms with Gasteiger partial charge in [0.05, 0.1) is 6.42 Å². The summed E-state index contributed by atoms with van der Waals surface area (Å²) in [5, 5.41) is 0. The van der Waals surface area contributed by atoms with Crippen molar-refractivity contribution in [2.24, 2.45) is 17.2 Å². The zero-order chi connectivity index (χ0) is 12.9. The number of hydrogen-bond acceptors (Lipinski definition) is 5. The number of hydrazine groups is 1. The Balaban J connectivity index is 2.21. The van der Waals surface area contributed by atoms with Gasteiger partial charge < -0.3 is 9.74 Å². The second-order valence-corrected chi connectivity index (χ2v) is 5.82. The van der Waals surface area contributed by atoms with E-state index in [1.165, 1.54) is 12.8 Å². The molecule has 100 valence electrons. The smallest absolute Gasteiger partial charge is 0.327 e. The van der Waals surface area contributed by atoms with Gasteiger partial charge in [-0.3, -0.25) is 4.79 Å². The maximum Gasteiger partial charge on any atom is 0.327 e. The molecule has 0 atom stereocenters. The Labute approximate surface area is 104 Å². The number of likely N-dealkylation sites (tertiary alicyclic amines) is 1. The average Bonchev–Trinajstić information content (AvgIpc) is 2.26. The molecular weight excluding hydrogens is 218 g/mol. The van der Waals surface area contributed by atoms with Crippen LogP contribution in [0.2, 0.25) is 0 Å². The normalized spacial score (nSPS) is 19.3. The van der Waals surface area contributed by atoms with Crippen molar-refractivity contribution >= 4 is 5.97 Å². The van der Waals surface area contributed by atoms with Gasteiger partial charge in [-0.1, -0.05) is 26.4 Å². The minimum absolute atomic E-state index is 0.301. The minimum Gasteiger partial charge on any atom is -0.356 e. The number of hydrogen-bond donors (Lipinski definition) is 2. The third kappa shape index (κ3) is 5.02. The second kappa shape index (κ2) is 6.33. The van der Waals surface area contributed by atoms with Crippen LogP contribution in [0.3, 0.4) is 0 Å². The van der Waals surface area contributed by atoms with Gasteiger partial charge in [0.25, 0.3) is 0 Å². The summed E-state index contributed by atoms with van der Waals surface area (Å²) < 4.78 is 0. The summed E-state index contributed by atoms with van der Waals surface area (Å²) >= 11 is 0. The average molecular weight is 243 g/mol. The highest BCUT2D eigenvalue weighted by Gasteiger charge is 2.28. The van der Waals surface area contributed by atoms with Crippen molar-refractivity contribution in [2.45, 2.75) is 40.0 Å². The van der Waals surface area contributed by atoms with Gasteiger partial charge in [0.1, 0.15) is 0 Å². The molecule has 0 spiro atoms. The maximum atomic E-state index is 11.1. The van der Waals surface area contributed by atoms with Crippen molar-refractivity contribution in [3.05, 3.63) is 0 Å². The van der Waals surface area contributed by atoms with Gasteiger partial charge in [-0.25, -0.2) is 5.84 Å². The molecule has 0 amide bonds. The van der Waals surface area contributed by atoms with Gasteiger partial charge in [-0.15, -0.1) is 0 Å². The molecule has 0 radical (unpaired) electrons. The fourth-order valence-electron chi connectivity index (χ4n) is 2.39. The topological polar surface area (TPSA) is 67.6 Å². The molecule has 1 heterocycles. The standard InChI is InChI=1S/C12H25N3O2/c1-12(2,3)10-4-7-15(8-5-10)9-6-11(16)17-14-13/h10,14H,4-9,13H2,1-3H3. The molecule has 1 aliphatic rings. The number of carbonyl (C=O) groups is 1. The van der Waals surface area contributed by atoms with Crippen LogP contribution in [0.4, 0.5) is 0 Å². The van der Waals surface area contributed by atoms with Gasteiger partial charge in [0.15, 0.2) is 0 Å². The molecule has 0 aromatic rings. The zero-order valence-corrected chi connectivity index (χ0v) is 11.2. The zero-order valence-electron chi connectivity index (χ0n) is 11.2. The van der Waals surface area contributed by atoms with Crippen molar-refractivity contribution < 1.29 is 9.63 Å². The minimum atomic E-state index is -0.301. The number of carbonyl (C=O) groups excluding carboxylic acids is 1. The van der Waals surface area contributed by atoms with Gasteiger partial charge in [0.2, 0.25) is 0 Å². The molecule has 0 aromatic carbocycles. The predicted octanol–water partition coefficient (Wildman–Crippen LogP) is 1.06. The van der Waals surface area contributed by atoms with Gasteiger partial charge >= 0.3 is 5.97 Å². The van der Waals surface area contributed by atoms with E-state index in [2.05, 4.69) is 30.5 Å².